The van der Waals surface area contributed by atoms with Gasteiger partial charge in [0.2, 0.25) is 0 Å². The van der Waals surface area contributed by atoms with Gasteiger partial charge in [-0.15, -0.1) is 11.3 Å². The second kappa shape index (κ2) is 7.14. The highest BCUT2D eigenvalue weighted by atomic mass is 32.1. The Bertz CT molecular complexity index is 738. The number of ether oxygens (including phenoxy) is 1. The summed E-state index contributed by atoms with van der Waals surface area (Å²) in [5.41, 5.74) is 2.82. The van der Waals surface area contributed by atoms with Crippen molar-refractivity contribution in [2.45, 2.75) is 52.3 Å². The molecule has 25 heavy (non-hydrogen) atoms. The number of rotatable bonds is 4. The maximum atomic E-state index is 12.6. The van der Waals surface area contributed by atoms with Gasteiger partial charge in [0.15, 0.2) is 0 Å². The molecular formula is C19H25N3O2S. The number of thiazole rings is 1. The van der Waals surface area contributed by atoms with Crippen LogP contribution in [0.2, 0.25) is 0 Å². The number of para-hydroxylation sites is 1. The summed E-state index contributed by atoms with van der Waals surface area (Å²) in [6.45, 7) is 9.14. The molecule has 1 atom stereocenters. The van der Waals surface area contributed by atoms with Crippen molar-refractivity contribution in [1.82, 2.24) is 10.3 Å². The van der Waals surface area contributed by atoms with Crippen molar-refractivity contribution in [1.29, 1.82) is 0 Å². The Morgan fingerprint density at radius 2 is 2.24 bits per heavy atom. The molecule has 1 aliphatic rings. The summed E-state index contributed by atoms with van der Waals surface area (Å²) in [5, 5.41) is 6.56. The van der Waals surface area contributed by atoms with Crippen LogP contribution in [-0.4, -0.2) is 23.2 Å². The average Bonchev–Trinajstić information content (AvgIpc) is 3.20. The SMILES string of the molecule is CC(NCc1cccc2c1N(C(=O)OC(C)(C)C)CC2)c1nccs1. The van der Waals surface area contributed by atoms with Crippen molar-refractivity contribution in [3.8, 4) is 0 Å². The molecular weight excluding hydrogens is 334 g/mol. The zero-order chi connectivity index (χ0) is 18.0. The van der Waals surface area contributed by atoms with Gasteiger partial charge in [-0.3, -0.25) is 4.90 Å². The highest BCUT2D eigenvalue weighted by Gasteiger charge is 2.30. The molecule has 1 amide bonds. The van der Waals surface area contributed by atoms with Gasteiger partial charge in [0.25, 0.3) is 0 Å². The first kappa shape index (κ1) is 17.9. The molecule has 0 fully saturated rings. The van der Waals surface area contributed by atoms with Crippen LogP contribution in [0.5, 0.6) is 0 Å². The van der Waals surface area contributed by atoms with Gasteiger partial charge < -0.3 is 10.1 Å². The number of amides is 1. The van der Waals surface area contributed by atoms with Gasteiger partial charge in [0, 0.05) is 24.7 Å². The van der Waals surface area contributed by atoms with E-state index in [2.05, 4.69) is 35.4 Å². The zero-order valence-electron chi connectivity index (χ0n) is 15.2. The van der Waals surface area contributed by atoms with E-state index < -0.39 is 5.60 Å². The van der Waals surface area contributed by atoms with Gasteiger partial charge in [-0.2, -0.15) is 0 Å². The topological polar surface area (TPSA) is 54.5 Å². The van der Waals surface area contributed by atoms with E-state index in [1.807, 2.05) is 32.3 Å². The predicted molar refractivity (Wildman–Crippen MR) is 101 cm³/mol. The van der Waals surface area contributed by atoms with Crippen LogP contribution in [0.1, 0.15) is 49.9 Å². The molecule has 1 aromatic carbocycles. The maximum absolute atomic E-state index is 12.6. The van der Waals surface area contributed by atoms with Gasteiger partial charge in [-0.25, -0.2) is 9.78 Å². The minimum absolute atomic E-state index is 0.173. The van der Waals surface area contributed by atoms with E-state index in [0.717, 1.165) is 22.7 Å². The highest BCUT2D eigenvalue weighted by Crippen LogP contribution is 2.33. The molecule has 0 saturated carbocycles. The van der Waals surface area contributed by atoms with Crippen LogP contribution in [-0.2, 0) is 17.7 Å². The van der Waals surface area contributed by atoms with Crippen LogP contribution < -0.4 is 10.2 Å². The normalized spacial score (nSPS) is 15.1. The Morgan fingerprint density at radius 3 is 2.92 bits per heavy atom. The molecule has 0 aliphatic carbocycles. The summed E-state index contributed by atoms with van der Waals surface area (Å²) in [5.74, 6) is 0. The number of fused-ring (bicyclic) bond motifs is 1. The molecule has 6 heteroatoms. The first-order chi connectivity index (χ1) is 11.8. The van der Waals surface area contributed by atoms with Gasteiger partial charge in [-0.1, -0.05) is 18.2 Å². The largest absolute Gasteiger partial charge is 0.443 e. The van der Waals surface area contributed by atoms with Crippen molar-refractivity contribution in [2.24, 2.45) is 0 Å². The summed E-state index contributed by atoms with van der Waals surface area (Å²) in [4.78, 5) is 18.7. The second-order valence-corrected chi connectivity index (χ2v) is 8.21. The molecule has 1 unspecified atom stereocenters. The van der Waals surface area contributed by atoms with Crippen LogP contribution in [0.15, 0.2) is 29.8 Å². The lowest BCUT2D eigenvalue weighted by Crippen LogP contribution is -2.36. The van der Waals surface area contributed by atoms with E-state index in [1.54, 1.807) is 16.2 Å². The standard InChI is InChI=1S/C19H25N3O2S/c1-13(17-20-9-11-25-17)21-12-15-7-5-6-14-8-10-22(16(14)15)18(23)24-19(2,3)4/h5-7,9,11,13,21H,8,10,12H2,1-4H3. The minimum atomic E-state index is -0.494. The fraction of sp³-hybridized carbons (Fsp3) is 0.474. The first-order valence-corrected chi connectivity index (χ1v) is 9.47. The average molecular weight is 359 g/mol. The van der Waals surface area contributed by atoms with Crippen LogP contribution in [0, 0.1) is 0 Å². The third-order valence-corrected chi connectivity index (χ3v) is 5.07. The number of carbonyl (C=O) groups is 1. The summed E-state index contributed by atoms with van der Waals surface area (Å²) in [6, 6.07) is 6.39. The molecule has 5 nitrogen and oxygen atoms in total. The number of anilines is 1. The van der Waals surface area contributed by atoms with Gasteiger partial charge >= 0.3 is 6.09 Å². The third-order valence-electron chi connectivity index (χ3n) is 4.11. The molecule has 134 valence electrons. The summed E-state index contributed by atoms with van der Waals surface area (Å²) >= 11 is 1.65. The Balaban J connectivity index is 1.76. The molecule has 1 N–H and O–H groups in total. The number of nitrogens with zero attached hydrogens (tertiary/aromatic N) is 2. The zero-order valence-corrected chi connectivity index (χ0v) is 16.0. The minimum Gasteiger partial charge on any atom is -0.443 e. The number of carbonyl (C=O) groups excluding carboxylic acids is 1. The fourth-order valence-electron chi connectivity index (χ4n) is 2.98. The van der Waals surface area contributed by atoms with E-state index >= 15 is 0 Å². The van der Waals surface area contributed by atoms with Crippen molar-refractivity contribution < 1.29 is 9.53 Å². The Kier molecular flexibility index (Phi) is 5.11. The van der Waals surface area contributed by atoms with Gasteiger partial charge in [0.1, 0.15) is 10.6 Å². The molecule has 0 radical (unpaired) electrons. The Hall–Kier alpha value is -1.92. The fourth-order valence-corrected chi connectivity index (χ4v) is 3.65. The summed E-state index contributed by atoms with van der Waals surface area (Å²) in [7, 11) is 0. The number of aromatic nitrogens is 1. The summed E-state index contributed by atoms with van der Waals surface area (Å²) < 4.78 is 5.58. The smallest absolute Gasteiger partial charge is 0.414 e. The van der Waals surface area contributed by atoms with Crippen molar-refractivity contribution in [2.75, 3.05) is 11.4 Å². The van der Waals surface area contributed by atoms with Crippen molar-refractivity contribution >= 4 is 23.1 Å². The molecule has 2 aromatic rings. The molecule has 0 saturated heterocycles. The van der Waals surface area contributed by atoms with Crippen LogP contribution in [0.25, 0.3) is 0 Å². The van der Waals surface area contributed by atoms with Crippen molar-refractivity contribution in [3.05, 3.63) is 45.9 Å². The molecule has 0 spiro atoms. The van der Waals surface area contributed by atoms with Crippen molar-refractivity contribution in [3.63, 3.8) is 0 Å². The molecule has 1 aliphatic heterocycles. The number of hydrogen-bond acceptors (Lipinski definition) is 5. The third kappa shape index (κ3) is 4.19. The number of nitrogens with one attached hydrogen (secondary N) is 1. The molecule has 2 heterocycles. The summed E-state index contributed by atoms with van der Waals surface area (Å²) in [6.07, 6.45) is 2.42. The van der Waals surface area contributed by atoms with Gasteiger partial charge in [-0.05, 0) is 45.2 Å². The first-order valence-electron chi connectivity index (χ1n) is 8.59. The maximum Gasteiger partial charge on any atom is 0.414 e. The second-order valence-electron chi connectivity index (χ2n) is 7.28. The van der Waals surface area contributed by atoms with E-state index in [9.17, 15) is 4.79 Å². The molecule has 3 rings (SSSR count). The monoisotopic (exact) mass is 359 g/mol. The molecule has 1 aromatic heterocycles. The lowest BCUT2D eigenvalue weighted by Gasteiger charge is -2.26. The number of hydrogen-bond donors (Lipinski definition) is 1. The highest BCUT2D eigenvalue weighted by molar-refractivity contribution is 7.09. The number of benzene rings is 1. The van der Waals surface area contributed by atoms with Crippen LogP contribution >= 0.6 is 11.3 Å². The Morgan fingerprint density at radius 1 is 1.44 bits per heavy atom. The predicted octanol–water partition coefficient (Wildman–Crippen LogP) is 4.29. The van der Waals surface area contributed by atoms with Crippen LogP contribution in [0.3, 0.4) is 0 Å². The molecule has 0 bridgehead atoms. The van der Waals surface area contributed by atoms with E-state index in [1.165, 1.54) is 5.56 Å². The van der Waals surface area contributed by atoms with Crippen LogP contribution in [0.4, 0.5) is 10.5 Å². The van der Waals surface area contributed by atoms with E-state index in [0.29, 0.717) is 13.1 Å². The van der Waals surface area contributed by atoms with E-state index in [4.69, 9.17) is 4.74 Å². The van der Waals surface area contributed by atoms with Gasteiger partial charge in [0.05, 0.1) is 11.7 Å². The lowest BCUT2D eigenvalue weighted by molar-refractivity contribution is 0.0583. The lowest BCUT2D eigenvalue weighted by atomic mass is 10.1. The van der Waals surface area contributed by atoms with E-state index in [-0.39, 0.29) is 12.1 Å². The Labute approximate surface area is 153 Å². The quantitative estimate of drug-likeness (QED) is 0.885.